The minimum absolute atomic E-state index is 0.237. The first-order valence-electron chi connectivity index (χ1n) is 9.51. The lowest BCUT2D eigenvalue weighted by atomic mass is 10.1. The van der Waals surface area contributed by atoms with Gasteiger partial charge in [-0.3, -0.25) is 9.78 Å². The lowest BCUT2D eigenvalue weighted by molar-refractivity contribution is 0.102. The molecule has 28 heavy (non-hydrogen) atoms. The van der Waals surface area contributed by atoms with E-state index < -0.39 is 5.82 Å². The number of nitrogens with zero attached hydrogens (tertiary/aromatic N) is 2. The zero-order chi connectivity index (χ0) is 19.5. The zero-order valence-electron chi connectivity index (χ0n) is 15.8. The van der Waals surface area contributed by atoms with Crippen LogP contribution in [0.3, 0.4) is 0 Å². The van der Waals surface area contributed by atoms with Crippen LogP contribution in [-0.4, -0.2) is 24.0 Å². The van der Waals surface area contributed by atoms with Crippen LogP contribution in [0.25, 0.3) is 11.3 Å². The predicted molar refractivity (Wildman–Crippen MR) is 110 cm³/mol. The molecule has 1 N–H and O–H groups in total. The Bertz CT molecular complexity index is 998. The van der Waals surface area contributed by atoms with Gasteiger partial charge in [0.2, 0.25) is 0 Å². The number of amides is 1. The third-order valence-electron chi connectivity index (χ3n) is 5.08. The van der Waals surface area contributed by atoms with Crippen LogP contribution < -0.4 is 10.2 Å². The lowest BCUT2D eigenvalue weighted by Crippen LogP contribution is -2.22. The second-order valence-corrected chi connectivity index (χ2v) is 6.98. The van der Waals surface area contributed by atoms with Gasteiger partial charge in [0.15, 0.2) is 0 Å². The molecule has 1 aliphatic rings. The third kappa shape index (κ3) is 3.60. The molecule has 0 radical (unpaired) electrons. The third-order valence-corrected chi connectivity index (χ3v) is 5.08. The summed E-state index contributed by atoms with van der Waals surface area (Å²) in [7, 11) is 0. The van der Waals surface area contributed by atoms with Gasteiger partial charge in [-0.25, -0.2) is 4.39 Å². The van der Waals surface area contributed by atoms with Gasteiger partial charge in [-0.05, 0) is 44.0 Å². The average molecular weight is 375 g/mol. The Hall–Kier alpha value is -3.21. The highest BCUT2D eigenvalue weighted by Gasteiger charge is 2.21. The summed E-state index contributed by atoms with van der Waals surface area (Å²) in [4.78, 5) is 19.5. The Morgan fingerprint density at radius 3 is 2.46 bits per heavy atom. The molecular weight excluding hydrogens is 353 g/mol. The summed E-state index contributed by atoms with van der Waals surface area (Å²) in [6.07, 6.45) is 2.15. The van der Waals surface area contributed by atoms with Gasteiger partial charge in [0.05, 0.1) is 22.6 Å². The first-order valence-corrected chi connectivity index (χ1v) is 9.51. The van der Waals surface area contributed by atoms with Gasteiger partial charge < -0.3 is 10.2 Å². The smallest absolute Gasteiger partial charge is 0.257 e. The van der Waals surface area contributed by atoms with Crippen LogP contribution in [0.5, 0.6) is 0 Å². The largest absolute Gasteiger partial charge is 0.370 e. The molecule has 4 nitrogen and oxygen atoms in total. The van der Waals surface area contributed by atoms with E-state index in [4.69, 9.17) is 0 Å². The highest BCUT2D eigenvalue weighted by atomic mass is 19.1. The summed E-state index contributed by atoms with van der Waals surface area (Å²) >= 11 is 0. The number of rotatable bonds is 4. The molecule has 1 saturated heterocycles. The number of pyridine rings is 1. The van der Waals surface area contributed by atoms with E-state index in [0.29, 0.717) is 11.3 Å². The van der Waals surface area contributed by atoms with E-state index in [2.05, 4.69) is 15.2 Å². The van der Waals surface area contributed by atoms with Crippen molar-refractivity contribution in [2.75, 3.05) is 23.3 Å². The summed E-state index contributed by atoms with van der Waals surface area (Å²) in [6.45, 7) is 3.54. The van der Waals surface area contributed by atoms with E-state index >= 15 is 0 Å². The number of para-hydroxylation sites is 1. The zero-order valence-corrected chi connectivity index (χ0v) is 15.8. The van der Waals surface area contributed by atoms with Crippen molar-refractivity contribution in [3.63, 3.8) is 0 Å². The maximum absolute atomic E-state index is 14.5. The molecule has 1 fully saturated rings. The monoisotopic (exact) mass is 375 g/mol. The maximum Gasteiger partial charge on any atom is 0.257 e. The topological polar surface area (TPSA) is 45.2 Å². The fourth-order valence-corrected chi connectivity index (χ4v) is 3.61. The number of hydrogen-bond acceptors (Lipinski definition) is 3. The summed E-state index contributed by atoms with van der Waals surface area (Å²) in [6, 6.07) is 18.3. The molecule has 1 aliphatic heterocycles. The maximum atomic E-state index is 14.5. The van der Waals surface area contributed by atoms with Gasteiger partial charge in [-0.1, -0.05) is 36.4 Å². The Morgan fingerprint density at radius 1 is 1.00 bits per heavy atom. The molecule has 3 aromatic rings. The molecule has 2 heterocycles. The van der Waals surface area contributed by atoms with Gasteiger partial charge in [-0.15, -0.1) is 0 Å². The van der Waals surface area contributed by atoms with Gasteiger partial charge in [-0.2, -0.15) is 0 Å². The van der Waals surface area contributed by atoms with E-state index in [1.54, 1.807) is 19.1 Å². The fraction of sp³-hybridized carbons (Fsp3) is 0.217. The molecule has 2 aromatic carbocycles. The van der Waals surface area contributed by atoms with E-state index in [1.807, 2.05) is 42.5 Å². The van der Waals surface area contributed by atoms with Gasteiger partial charge >= 0.3 is 0 Å². The van der Waals surface area contributed by atoms with Crippen molar-refractivity contribution in [1.82, 2.24) is 4.98 Å². The molecule has 5 heteroatoms. The van der Waals surface area contributed by atoms with Crippen molar-refractivity contribution >= 4 is 17.3 Å². The fourth-order valence-electron chi connectivity index (χ4n) is 3.61. The molecule has 1 amide bonds. The highest BCUT2D eigenvalue weighted by Crippen LogP contribution is 2.32. The summed E-state index contributed by atoms with van der Waals surface area (Å²) in [5, 5.41) is 2.78. The lowest BCUT2D eigenvalue weighted by Gasteiger charge is -2.22. The SMILES string of the molecule is Cc1nc(-c2ccccc2)ccc1C(=O)Nc1c(F)cccc1N1CCCC1. The molecule has 0 bridgehead atoms. The minimum Gasteiger partial charge on any atom is -0.370 e. The average Bonchev–Trinajstić information content (AvgIpc) is 3.24. The van der Waals surface area contributed by atoms with Crippen LogP contribution in [0.2, 0.25) is 0 Å². The molecule has 0 unspecified atom stereocenters. The van der Waals surface area contributed by atoms with Crippen LogP contribution in [0.4, 0.5) is 15.8 Å². The van der Waals surface area contributed by atoms with Crippen molar-refractivity contribution in [2.45, 2.75) is 19.8 Å². The number of benzene rings is 2. The normalized spacial score (nSPS) is 13.6. The number of hydrogen-bond donors (Lipinski definition) is 1. The van der Waals surface area contributed by atoms with Crippen LogP contribution in [0, 0.1) is 12.7 Å². The van der Waals surface area contributed by atoms with E-state index in [0.717, 1.165) is 42.9 Å². The number of anilines is 2. The second kappa shape index (κ2) is 7.80. The first-order chi connectivity index (χ1) is 13.6. The standard InChI is InChI=1S/C23H22FN3O/c1-16-18(12-13-20(25-16)17-8-3-2-4-9-17)23(28)26-22-19(24)10-7-11-21(22)27-14-5-6-15-27/h2-4,7-13H,5-6,14-15H2,1H3,(H,26,28). The number of halogens is 1. The van der Waals surface area contributed by atoms with E-state index in [1.165, 1.54) is 6.07 Å². The Morgan fingerprint density at radius 2 is 1.75 bits per heavy atom. The van der Waals surface area contributed by atoms with Crippen LogP contribution in [-0.2, 0) is 0 Å². The van der Waals surface area contributed by atoms with Crippen LogP contribution in [0.1, 0.15) is 28.9 Å². The second-order valence-electron chi connectivity index (χ2n) is 6.98. The number of nitrogens with one attached hydrogen (secondary N) is 1. The van der Waals surface area contributed by atoms with Crippen molar-refractivity contribution in [3.05, 3.63) is 77.7 Å². The summed E-state index contributed by atoms with van der Waals surface area (Å²) in [5.74, 6) is -0.778. The van der Waals surface area contributed by atoms with E-state index in [9.17, 15) is 9.18 Å². The van der Waals surface area contributed by atoms with Crippen molar-refractivity contribution in [3.8, 4) is 11.3 Å². The summed E-state index contributed by atoms with van der Waals surface area (Å²) in [5.41, 5.74) is 3.81. The van der Waals surface area contributed by atoms with E-state index in [-0.39, 0.29) is 11.6 Å². The van der Waals surface area contributed by atoms with Crippen LogP contribution in [0.15, 0.2) is 60.7 Å². The van der Waals surface area contributed by atoms with Gasteiger partial charge in [0, 0.05) is 18.7 Å². The highest BCUT2D eigenvalue weighted by molar-refractivity contribution is 6.06. The molecule has 0 atom stereocenters. The minimum atomic E-state index is -0.427. The molecule has 0 aliphatic carbocycles. The molecule has 4 rings (SSSR count). The van der Waals surface area contributed by atoms with Crippen molar-refractivity contribution < 1.29 is 9.18 Å². The van der Waals surface area contributed by atoms with Crippen LogP contribution >= 0.6 is 0 Å². The Kier molecular flexibility index (Phi) is 5.06. The molecule has 0 spiro atoms. The molecule has 1 aromatic heterocycles. The molecule has 0 saturated carbocycles. The van der Waals surface area contributed by atoms with Gasteiger partial charge in [0.25, 0.3) is 5.91 Å². The van der Waals surface area contributed by atoms with Crippen molar-refractivity contribution in [1.29, 1.82) is 0 Å². The Labute approximate surface area is 164 Å². The van der Waals surface area contributed by atoms with Crippen molar-refractivity contribution in [2.24, 2.45) is 0 Å². The van der Waals surface area contributed by atoms with Gasteiger partial charge in [0.1, 0.15) is 11.5 Å². The Balaban J connectivity index is 1.61. The number of aryl methyl sites for hydroxylation is 1. The summed E-state index contributed by atoms with van der Waals surface area (Å²) < 4.78 is 14.5. The molecular formula is C23H22FN3O. The predicted octanol–water partition coefficient (Wildman–Crippen LogP) is 5.05. The number of carbonyl (C=O) groups excluding carboxylic acids is 1. The first kappa shape index (κ1) is 18.2. The quantitative estimate of drug-likeness (QED) is 0.694. The number of carbonyl (C=O) groups is 1. The number of aromatic nitrogens is 1. The molecule has 142 valence electrons.